The molecule has 5 saturated carbocycles. The van der Waals surface area contributed by atoms with Gasteiger partial charge in [-0.25, -0.2) is 0 Å². The third-order valence-electron chi connectivity index (χ3n) is 12.2. The number of ether oxygens (including phenoxy) is 1. The van der Waals surface area contributed by atoms with Gasteiger partial charge < -0.3 is 9.84 Å². The number of carboxylic acids is 1. The second-order valence-corrected chi connectivity index (χ2v) is 13.5. The highest BCUT2D eigenvalue weighted by Crippen LogP contribution is 2.72. The summed E-state index contributed by atoms with van der Waals surface area (Å²) in [7, 11) is 0. The summed E-state index contributed by atoms with van der Waals surface area (Å²) in [5.41, 5.74) is 0.176. The first-order valence-corrected chi connectivity index (χ1v) is 13.4. The van der Waals surface area contributed by atoms with E-state index in [0.717, 1.165) is 56.8 Å². The van der Waals surface area contributed by atoms with Crippen molar-refractivity contribution in [3.63, 3.8) is 0 Å². The summed E-state index contributed by atoms with van der Waals surface area (Å²) >= 11 is 0. The summed E-state index contributed by atoms with van der Waals surface area (Å²) in [5.74, 6) is 2.35. The van der Waals surface area contributed by atoms with Crippen molar-refractivity contribution in [2.24, 2.45) is 51.2 Å². The Balaban J connectivity index is 1.44. The van der Waals surface area contributed by atoms with Crippen LogP contribution in [0.15, 0.2) is 0 Å². The lowest BCUT2D eigenvalue weighted by atomic mass is 9.37. The van der Waals surface area contributed by atoms with Crippen molar-refractivity contribution in [2.45, 2.75) is 111 Å². The molecule has 5 aliphatic carbocycles. The molecular weight excluding hydrogens is 400 g/mol. The number of hydrogen-bond donors (Lipinski definition) is 1. The van der Waals surface area contributed by atoms with E-state index < -0.39 is 11.4 Å². The Hall–Kier alpha value is -1.06. The predicted octanol–water partition coefficient (Wildman–Crippen LogP) is 6.47. The summed E-state index contributed by atoms with van der Waals surface area (Å²) in [6.45, 7) is 11.3. The van der Waals surface area contributed by atoms with Crippen molar-refractivity contribution in [3.05, 3.63) is 0 Å². The molecule has 5 rings (SSSR count). The Morgan fingerprint density at radius 2 is 1.38 bits per heavy atom. The molecule has 0 heterocycles. The van der Waals surface area contributed by atoms with Gasteiger partial charge in [0, 0.05) is 12.3 Å². The first-order valence-electron chi connectivity index (χ1n) is 13.4. The van der Waals surface area contributed by atoms with Crippen LogP contribution in [0.5, 0.6) is 0 Å². The van der Waals surface area contributed by atoms with Crippen molar-refractivity contribution in [1.82, 2.24) is 0 Å². The SMILES string of the molecule is CC(=O)OC1CCC2(C)C3CCC4C5CCCC5(C(=O)O)CC[C@@]4(C)C3CCC2C1(C)C. The molecular formula is C28H44O4. The molecule has 8 unspecified atom stereocenters. The summed E-state index contributed by atoms with van der Waals surface area (Å²) < 4.78 is 5.83. The molecule has 0 spiro atoms. The maximum atomic E-state index is 12.4. The van der Waals surface area contributed by atoms with Crippen LogP contribution >= 0.6 is 0 Å². The van der Waals surface area contributed by atoms with Crippen molar-refractivity contribution in [3.8, 4) is 0 Å². The molecule has 0 aromatic heterocycles. The molecule has 0 amide bonds. The number of carbonyl (C=O) groups is 2. The fraction of sp³-hybridized carbons (Fsp3) is 0.929. The minimum absolute atomic E-state index is 0.0118. The van der Waals surface area contributed by atoms with E-state index in [4.69, 9.17) is 4.74 Å². The minimum atomic E-state index is -0.509. The standard InChI is InChI=1S/C28H44O4/c1-17(29)32-23-12-14-27(5)19-8-9-20-21-7-6-13-28(21,24(30)31)16-15-26(20,4)18(19)10-11-22(27)25(23,2)3/h18-23H,6-16H2,1-5H3,(H,30,31)/t18?,19?,20?,21?,22?,23?,26-,27?,28?/m0/s1. The van der Waals surface area contributed by atoms with Gasteiger partial charge in [0.15, 0.2) is 0 Å². The third-order valence-corrected chi connectivity index (χ3v) is 12.2. The Bertz CT molecular complexity index is 803. The van der Waals surface area contributed by atoms with Crippen LogP contribution < -0.4 is 0 Å². The maximum Gasteiger partial charge on any atom is 0.309 e. The fourth-order valence-corrected chi connectivity index (χ4v) is 10.8. The summed E-state index contributed by atoms with van der Waals surface area (Å²) in [6.07, 6.45) is 12.3. The second kappa shape index (κ2) is 7.22. The molecule has 5 fully saturated rings. The van der Waals surface area contributed by atoms with E-state index in [1.165, 1.54) is 25.7 Å². The van der Waals surface area contributed by atoms with Gasteiger partial charge in [-0.3, -0.25) is 9.59 Å². The Kier molecular flexibility index (Phi) is 5.12. The average Bonchev–Trinajstić information content (AvgIpc) is 3.15. The van der Waals surface area contributed by atoms with E-state index in [1.54, 1.807) is 6.92 Å². The number of carboxylic acid groups (broad SMARTS) is 1. The predicted molar refractivity (Wildman–Crippen MR) is 124 cm³/mol. The largest absolute Gasteiger partial charge is 0.481 e. The normalized spacial score (nSPS) is 51.5. The van der Waals surface area contributed by atoms with Crippen LogP contribution in [-0.4, -0.2) is 23.1 Å². The van der Waals surface area contributed by atoms with Crippen molar-refractivity contribution in [1.29, 1.82) is 0 Å². The number of carbonyl (C=O) groups excluding carboxylic acids is 1. The molecule has 1 N–H and O–H groups in total. The number of fused-ring (bicyclic) bond motifs is 7. The Labute approximate surface area is 194 Å². The highest BCUT2D eigenvalue weighted by atomic mass is 16.5. The first kappa shape index (κ1) is 22.7. The van der Waals surface area contributed by atoms with Gasteiger partial charge >= 0.3 is 11.9 Å². The van der Waals surface area contributed by atoms with Crippen LogP contribution in [0.2, 0.25) is 0 Å². The molecule has 0 aromatic carbocycles. The van der Waals surface area contributed by atoms with Crippen LogP contribution in [0.1, 0.15) is 105 Å². The molecule has 4 heteroatoms. The fourth-order valence-electron chi connectivity index (χ4n) is 10.8. The summed E-state index contributed by atoms with van der Waals surface area (Å²) in [5, 5.41) is 10.2. The van der Waals surface area contributed by atoms with E-state index in [9.17, 15) is 14.7 Å². The number of aliphatic carboxylic acids is 1. The molecule has 0 aromatic rings. The smallest absolute Gasteiger partial charge is 0.309 e. The zero-order valence-corrected chi connectivity index (χ0v) is 20.9. The molecule has 180 valence electrons. The topological polar surface area (TPSA) is 63.6 Å². The zero-order valence-electron chi connectivity index (χ0n) is 20.9. The lowest BCUT2D eigenvalue weighted by Gasteiger charge is -2.68. The maximum absolute atomic E-state index is 12.4. The molecule has 4 nitrogen and oxygen atoms in total. The molecule has 0 saturated heterocycles. The van der Waals surface area contributed by atoms with Gasteiger partial charge in [-0.2, -0.15) is 0 Å². The van der Waals surface area contributed by atoms with E-state index in [1.807, 2.05) is 0 Å². The van der Waals surface area contributed by atoms with Gasteiger partial charge in [0.1, 0.15) is 6.10 Å². The lowest BCUT2D eigenvalue weighted by molar-refractivity contribution is -0.214. The molecule has 9 atom stereocenters. The summed E-state index contributed by atoms with van der Waals surface area (Å²) in [4.78, 5) is 24.2. The molecule has 0 aliphatic heterocycles. The van der Waals surface area contributed by atoms with E-state index >= 15 is 0 Å². The van der Waals surface area contributed by atoms with E-state index in [2.05, 4.69) is 27.7 Å². The van der Waals surface area contributed by atoms with Crippen LogP contribution in [0.4, 0.5) is 0 Å². The Morgan fingerprint density at radius 1 is 0.750 bits per heavy atom. The van der Waals surface area contributed by atoms with Crippen LogP contribution in [0, 0.1) is 51.2 Å². The highest BCUT2D eigenvalue weighted by molar-refractivity contribution is 5.76. The van der Waals surface area contributed by atoms with E-state index in [0.29, 0.717) is 28.6 Å². The highest BCUT2D eigenvalue weighted by Gasteiger charge is 2.67. The van der Waals surface area contributed by atoms with Crippen LogP contribution in [0.25, 0.3) is 0 Å². The Morgan fingerprint density at radius 3 is 2.03 bits per heavy atom. The summed E-state index contributed by atoms with van der Waals surface area (Å²) in [6, 6.07) is 0. The number of rotatable bonds is 2. The van der Waals surface area contributed by atoms with Gasteiger partial charge in [0.05, 0.1) is 5.41 Å². The monoisotopic (exact) mass is 444 g/mol. The zero-order chi connectivity index (χ0) is 23.1. The van der Waals surface area contributed by atoms with Crippen molar-refractivity contribution >= 4 is 11.9 Å². The number of hydrogen-bond acceptors (Lipinski definition) is 3. The van der Waals surface area contributed by atoms with Crippen LogP contribution in [0.3, 0.4) is 0 Å². The molecule has 0 bridgehead atoms. The third kappa shape index (κ3) is 2.86. The van der Waals surface area contributed by atoms with Crippen molar-refractivity contribution in [2.75, 3.05) is 0 Å². The minimum Gasteiger partial charge on any atom is -0.481 e. The second-order valence-electron chi connectivity index (χ2n) is 13.5. The average molecular weight is 445 g/mol. The van der Waals surface area contributed by atoms with E-state index in [-0.39, 0.29) is 17.5 Å². The quantitative estimate of drug-likeness (QED) is 0.496. The van der Waals surface area contributed by atoms with Gasteiger partial charge in [0.2, 0.25) is 0 Å². The van der Waals surface area contributed by atoms with Gasteiger partial charge in [-0.1, -0.05) is 34.1 Å². The van der Waals surface area contributed by atoms with Gasteiger partial charge in [-0.05, 0) is 105 Å². The van der Waals surface area contributed by atoms with Gasteiger partial charge in [0.25, 0.3) is 0 Å². The lowest BCUT2D eigenvalue weighted by Crippen LogP contribution is -2.63. The number of esters is 1. The van der Waals surface area contributed by atoms with Gasteiger partial charge in [-0.15, -0.1) is 0 Å². The van der Waals surface area contributed by atoms with Crippen molar-refractivity contribution < 1.29 is 19.4 Å². The molecule has 32 heavy (non-hydrogen) atoms. The van der Waals surface area contributed by atoms with Crippen LogP contribution in [-0.2, 0) is 14.3 Å². The first-order chi connectivity index (χ1) is 15.0. The molecule has 0 radical (unpaired) electrons. The molecule has 5 aliphatic rings.